The summed E-state index contributed by atoms with van der Waals surface area (Å²) in [4.78, 5) is 17.6. The first kappa shape index (κ1) is 39.0. The molecule has 7 nitrogen and oxygen atoms in total. The van der Waals surface area contributed by atoms with E-state index in [-0.39, 0.29) is 37.7 Å². The van der Waals surface area contributed by atoms with E-state index in [4.69, 9.17) is 27.0 Å². The van der Waals surface area contributed by atoms with Crippen LogP contribution in [-0.4, -0.2) is 55.0 Å². The molecular formula is C32H29F9N4O3S. The Morgan fingerprint density at radius 2 is 1.76 bits per heavy atom. The van der Waals surface area contributed by atoms with Crippen LogP contribution >= 0.6 is 12.2 Å². The molecule has 0 aliphatic rings. The van der Waals surface area contributed by atoms with Crippen molar-refractivity contribution in [1.29, 1.82) is 5.26 Å². The number of alkyl halides is 7. The predicted octanol–water partition coefficient (Wildman–Crippen LogP) is 8.28. The Morgan fingerprint density at radius 3 is 2.31 bits per heavy atom. The number of carbonyl (C=O) groups excluding carboxylic acids is 1. The normalized spacial score (nSPS) is 12.7. The number of benzene rings is 2. The van der Waals surface area contributed by atoms with Crippen LogP contribution in [0.5, 0.6) is 5.75 Å². The zero-order chi connectivity index (χ0) is 36.9. The molecule has 0 amide bonds. The fourth-order valence-corrected chi connectivity index (χ4v) is 5.07. The summed E-state index contributed by atoms with van der Waals surface area (Å²) in [5.74, 6) is -3.43. The minimum absolute atomic E-state index is 0.160. The largest absolute Gasteiger partial charge is 0.493 e. The van der Waals surface area contributed by atoms with Gasteiger partial charge in [0.15, 0.2) is 16.7 Å². The summed E-state index contributed by atoms with van der Waals surface area (Å²) in [5, 5.41) is 8.54. The Morgan fingerprint density at radius 1 is 1.08 bits per heavy atom. The lowest BCUT2D eigenvalue weighted by Gasteiger charge is -2.39. The summed E-state index contributed by atoms with van der Waals surface area (Å²) < 4.78 is 138. The van der Waals surface area contributed by atoms with Crippen LogP contribution in [-0.2, 0) is 21.9 Å². The van der Waals surface area contributed by atoms with Gasteiger partial charge in [-0.1, -0.05) is 0 Å². The summed E-state index contributed by atoms with van der Waals surface area (Å²) in [7, 11) is 1.06. The smallest absolute Gasteiger partial charge is 0.420 e. The minimum Gasteiger partial charge on any atom is -0.493 e. The first-order chi connectivity index (χ1) is 22.8. The van der Waals surface area contributed by atoms with Gasteiger partial charge in [-0.2, -0.15) is 31.6 Å². The van der Waals surface area contributed by atoms with Gasteiger partial charge in [-0.25, -0.2) is 13.2 Å². The van der Waals surface area contributed by atoms with Gasteiger partial charge in [0.2, 0.25) is 0 Å². The van der Waals surface area contributed by atoms with Crippen LogP contribution in [0, 0.1) is 23.0 Å². The molecular weight excluding hydrogens is 691 g/mol. The Hall–Kier alpha value is -4.43. The van der Waals surface area contributed by atoms with E-state index in [1.165, 1.54) is 19.9 Å². The van der Waals surface area contributed by atoms with Crippen molar-refractivity contribution >= 4 is 35.0 Å². The Labute approximate surface area is 280 Å². The molecule has 0 aliphatic heterocycles. The van der Waals surface area contributed by atoms with Crippen LogP contribution in [0.1, 0.15) is 43.9 Å². The van der Waals surface area contributed by atoms with Crippen LogP contribution < -0.4 is 14.5 Å². The zero-order valence-electron chi connectivity index (χ0n) is 26.3. The van der Waals surface area contributed by atoms with Gasteiger partial charge in [0.1, 0.15) is 29.5 Å². The summed E-state index contributed by atoms with van der Waals surface area (Å²) in [5.41, 5.74) is -8.39. The average molecular weight is 721 g/mol. The van der Waals surface area contributed by atoms with Crippen molar-refractivity contribution in [3.8, 4) is 23.1 Å². The number of hydrogen-bond acceptors (Lipinski definition) is 6. The summed E-state index contributed by atoms with van der Waals surface area (Å²) >= 11 is 5.40. The number of nitriles is 1. The van der Waals surface area contributed by atoms with E-state index in [0.717, 1.165) is 47.3 Å². The highest BCUT2D eigenvalue weighted by atomic mass is 32.1. The van der Waals surface area contributed by atoms with Gasteiger partial charge in [0, 0.05) is 31.7 Å². The lowest BCUT2D eigenvalue weighted by Crippen LogP contribution is -2.54. The predicted molar refractivity (Wildman–Crippen MR) is 166 cm³/mol. The number of ether oxygens (including phenoxy) is 2. The molecule has 0 radical (unpaired) electrons. The monoisotopic (exact) mass is 720 g/mol. The SMILES string of the molecule is CCOCC(F)CCOc1ccc(-c2ncc(N(C(=S)N(C)c3ccc(C#N)c(C(F)(F)F)c3F)C(C)(C)C=O)cc2F)c(C(F)(F)F)c1. The van der Waals surface area contributed by atoms with Gasteiger partial charge in [0.05, 0.1) is 53.5 Å². The van der Waals surface area contributed by atoms with Crippen molar-refractivity contribution in [3.05, 3.63) is 70.9 Å². The van der Waals surface area contributed by atoms with Crippen molar-refractivity contribution in [3.63, 3.8) is 0 Å². The molecule has 0 N–H and O–H groups in total. The molecule has 0 saturated carbocycles. The molecule has 0 saturated heterocycles. The minimum atomic E-state index is -5.26. The van der Waals surface area contributed by atoms with Gasteiger partial charge >= 0.3 is 12.4 Å². The van der Waals surface area contributed by atoms with E-state index in [1.807, 2.05) is 0 Å². The summed E-state index contributed by atoms with van der Waals surface area (Å²) in [6, 6.07) is 6.17. The van der Waals surface area contributed by atoms with E-state index >= 15 is 8.78 Å². The molecule has 3 aromatic rings. The number of anilines is 2. The van der Waals surface area contributed by atoms with E-state index in [0.29, 0.717) is 18.4 Å². The van der Waals surface area contributed by atoms with E-state index in [9.17, 15) is 35.5 Å². The first-order valence-corrected chi connectivity index (χ1v) is 14.7. The second kappa shape index (κ2) is 15.4. The van der Waals surface area contributed by atoms with Gasteiger partial charge in [-0.05, 0) is 63.3 Å². The molecule has 0 fully saturated rings. The van der Waals surface area contributed by atoms with Crippen molar-refractivity contribution in [2.75, 3.05) is 36.7 Å². The third kappa shape index (κ3) is 8.98. The molecule has 0 spiro atoms. The lowest BCUT2D eigenvalue weighted by molar-refractivity contribution is -0.140. The number of rotatable bonds is 12. The van der Waals surface area contributed by atoms with E-state index < -0.39 is 74.4 Å². The number of pyridine rings is 1. The van der Waals surface area contributed by atoms with Gasteiger partial charge in [-0.15, -0.1) is 0 Å². The lowest BCUT2D eigenvalue weighted by atomic mass is 10.0. The van der Waals surface area contributed by atoms with Crippen molar-refractivity contribution in [1.82, 2.24) is 4.98 Å². The number of thiocarbonyl (C=S) groups is 1. The summed E-state index contributed by atoms with van der Waals surface area (Å²) in [6.45, 7) is 4.04. The number of halogens is 9. The van der Waals surface area contributed by atoms with Gasteiger partial charge in [-0.3, -0.25) is 4.98 Å². The third-order valence-electron chi connectivity index (χ3n) is 7.07. The maximum atomic E-state index is 15.7. The molecule has 2 aromatic carbocycles. The number of aldehydes is 1. The zero-order valence-corrected chi connectivity index (χ0v) is 27.2. The molecule has 1 heterocycles. The fraction of sp³-hybridized carbons (Fsp3) is 0.375. The molecule has 264 valence electrons. The average Bonchev–Trinajstić information content (AvgIpc) is 3.02. The highest BCUT2D eigenvalue weighted by Gasteiger charge is 2.40. The van der Waals surface area contributed by atoms with E-state index in [2.05, 4.69) is 4.98 Å². The van der Waals surface area contributed by atoms with Crippen LogP contribution in [0.2, 0.25) is 0 Å². The Kier molecular flexibility index (Phi) is 12.3. The quantitative estimate of drug-likeness (QED) is 0.105. The molecule has 0 bridgehead atoms. The molecule has 3 rings (SSSR count). The summed E-state index contributed by atoms with van der Waals surface area (Å²) in [6.07, 6.45) is -10.6. The van der Waals surface area contributed by atoms with Gasteiger partial charge in [0.25, 0.3) is 0 Å². The standard InChI is InChI=1S/C32H29F9N4O3S/c1-5-47-16-19(33)10-11-48-21-7-8-22(23(13-21)31(36,37)38)28-24(34)12-20(15-43-28)45(30(2,3)17-46)29(49)44(4)25-9-6-18(14-42)26(27(25)35)32(39,40)41/h6-9,12-13,15,17,19H,5,10-11,16H2,1-4H3. The van der Waals surface area contributed by atoms with E-state index in [1.54, 1.807) is 6.92 Å². The number of nitrogens with zero attached hydrogens (tertiary/aromatic N) is 4. The molecule has 0 aliphatic carbocycles. The van der Waals surface area contributed by atoms with Crippen LogP contribution in [0.15, 0.2) is 42.6 Å². The highest BCUT2D eigenvalue weighted by molar-refractivity contribution is 7.80. The molecule has 1 unspecified atom stereocenters. The topological polar surface area (TPSA) is 78.7 Å². The van der Waals surface area contributed by atoms with Crippen LogP contribution in [0.4, 0.5) is 50.9 Å². The Balaban J connectivity index is 2.03. The van der Waals surface area contributed by atoms with Crippen molar-refractivity contribution in [2.24, 2.45) is 0 Å². The third-order valence-corrected chi connectivity index (χ3v) is 7.53. The maximum absolute atomic E-state index is 15.7. The molecule has 1 aromatic heterocycles. The molecule has 1 atom stereocenters. The van der Waals surface area contributed by atoms with Crippen molar-refractivity contribution < 1.29 is 53.8 Å². The number of carbonyl (C=O) groups is 1. The van der Waals surface area contributed by atoms with Gasteiger partial charge < -0.3 is 24.1 Å². The second-order valence-corrected chi connectivity index (χ2v) is 11.4. The molecule has 17 heteroatoms. The van der Waals surface area contributed by atoms with Crippen LogP contribution in [0.25, 0.3) is 11.3 Å². The van der Waals surface area contributed by atoms with Crippen molar-refractivity contribution in [2.45, 2.75) is 51.3 Å². The number of hydrogen-bond donors (Lipinski definition) is 0. The Bertz CT molecular complexity index is 1730. The highest BCUT2D eigenvalue weighted by Crippen LogP contribution is 2.41. The fourth-order valence-electron chi connectivity index (χ4n) is 4.63. The molecule has 49 heavy (non-hydrogen) atoms. The first-order valence-electron chi connectivity index (χ1n) is 14.3. The second-order valence-electron chi connectivity index (χ2n) is 11.0. The number of aromatic nitrogens is 1. The maximum Gasteiger partial charge on any atom is 0.420 e. The van der Waals surface area contributed by atoms with Crippen LogP contribution in [0.3, 0.4) is 0 Å².